The molecule has 0 spiro atoms. The molecule has 7 heteroatoms. The zero-order valence-corrected chi connectivity index (χ0v) is 12.7. The van der Waals surface area contributed by atoms with Crippen LogP contribution in [0.3, 0.4) is 0 Å². The Morgan fingerprint density at radius 2 is 1.95 bits per heavy atom. The van der Waals surface area contributed by atoms with Crippen molar-refractivity contribution < 1.29 is 13.5 Å². The minimum atomic E-state index is -3.51. The number of hydrogen-bond acceptors (Lipinski definition) is 3. The molecular formula is C12H19ClN2O3S. The zero-order chi connectivity index (χ0) is 14.5. The summed E-state index contributed by atoms with van der Waals surface area (Å²) in [4.78, 5) is 0. The zero-order valence-electron chi connectivity index (χ0n) is 11.1. The molecule has 0 radical (unpaired) electrons. The number of nitrogens with zero attached hydrogens (tertiary/aromatic N) is 2. The van der Waals surface area contributed by atoms with Crippen LogP contribution in [-0.2, 0) is 16.8 Å². The summed E-state index contributed by atoms with van der Waals surface area (Å²) in [5, 5.41) is 9.32. The van der Waals surface area contributed by atoms with Crippen molar-refractivity contribution in [3.63, 3.8) is 0 Å². The SMILES string of the molecule is CN(CCCO)S(=O)(=O)N(C)Cc1cccc(Cl)c1. The number of hydrogen-bond donors (Lipinski definition) is 1. The second-order valence-electron chi connectivity index (χ2n) is 4.29. The van der Waals surface area contributed by atoms with E-state index >= 15 is 0 Å². The molecule has 0 aliphatic carbocycles. The topological polar surface area (TPSA) is 60.9 Å². The first-order chi connectivity index (χ1) is 8.87. The van der Waals surface area contributed by atoms with Crippen LogP contribution in [0.4, 0.5) is 0 Å². The number of aliphatic hydroxyl groups excluding tert-OH is 1. The van der Waals surface area contributed by atoms with Crippen molar-refractivity contribution in [2.45, 2.75) is 13.0 Å². The van der Waals surface area contributed by atoms with Crippen LogP contribution in [0.2, 0.25) is 5.02 Å². The molecule has 0 bridgehead atoms. The van der Waals surface area contributed by atoms with Crippen LogP contribution in [0.25, 0.3) is 0 Å². The predicted octanol–water partition coefficient (Wildman–Crippen LogP) is 1.33. The van der Waals surface area contributed by atoms with Crippen LogP contribution in [0, 0.1) is 0 Å². The Bertz CT molecular complexity index is 507. The molecule has 19 heavy (non-hydrogen) atoms. The summed E-state index contributed by atoms with van der Waals surface area (Å²) in [5.41, 5.74) is 0.828. The van der Waals surface area contributed by atoms with Gasteiger partial charge in [0, 0.05) is 38.8 Å². The molecule has 108 valence electrons. The largest absolute Gasteiger partial charge is 0.396 e. The third-order valence-electron chi connectivity index (χ3n) is 2.71. The lowest BCUT2D eigenvalue weighted by Gasteiger charge is -2.24. The Hall–Kier alpha value is -0.660. The first-order valence-corrected chi connectivity index (χ1v) is 7.68. The summed E-state index contributed by atoms with van der Waals surface area (Å²) >= 11 is 5.87. The summed E-state index contributed by atoms with van der Waals surface area (Å²) < 4.78 is 26.8. The molecule has 0 atom stereocenters. The monoisotopic (exact) mass is 306 g/mol. The molecule has 0 aliphatic heterocycles. The van der Waals surface area contributed by atoms with Gasteiger partial charge in [-0.25, -0.2) is 0 Å². The highest BCUT2D eigenvalue weighted by Crippen LogP contribution is 2.14. The lowest BCUT2D eigenvalue weighted by molar-refractivity contribution is 0.272. The van der Waals surface area contributed by atoms with E-state index in [2.05, 4.69) is 0 Å². The lowest BCUT2D eigenvalue weighted by Crippen LogP contribution is -2.39. The Morgan fingerprint density at radius 3 is 2.53 bits per heavy atom. The molecule has 0 aliphatic rings. The first kappa shape index (κ1) is 16.4. The fourth-order valence-electron chi connectivity index (χ4n) is 1.62. The van der Waals surface area contributed by atoms with Gasteiger partial charge in [0.2, 0.25) is 0 Å². The molecule has 1 aromatic carbocycles. The third kappa shape index (κ3) is 4.74. The van der Waals surface area contributed by atoms with Crippen molar-refractivity contribution in [2.75, 3.05) is 27.2 Å². The molecule has 1 aromatic rings. The van der Waals surface area contributed by atoms with Crippen LogP contribution in [0.5, 0.6) is 0 Å². The molecule has 1 rings (SSSR count). The van der Waals surface area contributed by atoms with E-state index in [0.29, 0.717) is 18.0 Å². The van der Waals surface area contributed by atoms with Crippen molar-refractivity contribution >= 4 is 21.8 Å². The second-order valence-corrected chi connectivity index (χ2v) is 6.87. The van der Waals surface area contributed by atoms with E-state index in [1.807, 2.05) is 6.07 Å². The van der Waals surface area contributed by atoms with Crippen molar-refractivity contribution in [1.82, 2.24) is 8.61 Å². The quantitative estimate of drug-likeness (QED) is 0.827. The predicted molar refractivity (Wildman–Crippen MR) is 76.2 cm³/mol. The molecule has 0 saturated carbocycles. The average molecular weight is 307 g/mol. The first-order valence-electron chi connectivity index (χ1n) is 5.91. The molecule has 0 amide bonds. The maximum atomic E-state index is 12.2. The number of aliphatic hydroxyl groups is 1. The highest BCUT2D eigenvalue weighted by Gasteiger charge is 2.23. The maximum absolute atomic E-state index is 12.2. The van der Waals surface area contributed by atoms with E-state index in [9.17, 15) is 8.42 Å². The molecule has 0 saturated heterocycles. The van der Waals surface area contributed by atoms with E-state index in [0.717, 1.165) is 5.56 Å². The van der Waals surface area contributed by atoms with E-state index < -0.39 is 10.2 Å². The van der Waals surface area contributed by atoms with Gasteiger partial charge in [0.1, 0.15) is 0 Å². The average Bonchev–Trinajstić information content (AvgIpc) is 2.35. The van der Waals surface area contributed by atoms with E-state index in [4.69, 9.17) is 16.7 Å². The van der Waals surface area contributed by atoms with Crippen LogP contribution in [-0.4, -0.2) is 49.4 Å². The number of rotatable bonds is 7. The molecule has 1 N–H and O–H groups in total. The Labute approximate surface area is 119 Å². The van der Waals surface area contributed by atoms with Crippen LogP contribution in [0.15, 0.2) is 24.3 Å². The molecule has 5 nitrogen and oxygen atoms in total. The summed E-state index contributed by atoms with van der Waals surface area (Å²) in [7, 11) is -0.491. The van der Waals surface area contributed by atoms with Crippen LogP contribution in [0.1, 0.15) is 12.0 Å². The molecule has 0 fully saturated rings. The molecule has 0 unspecified atom stereocenters. The fourth-order valence-corrected chi connectivity index (χ4v) is 2.98. The van der Waals surface area contributed by atoms with Gasteiger partial charge in [-0.2, -0.15) is 17.0 Å². The van der Waals surface area contributed by atoms with Crippen molar-refractivity contribution in [3.8, 4) is 0 Å². The van der Waals surface area contributed by atoms with Gasteiger partial charge in [0.25, 0.3) is 10.2 Å². The second kappa shape index (κ2) is 7.21. The van der Waals surface area contributed by atoms with Gasteiger partial charge < -0.3 is 5.11 Å². The van der Waals surface area contributed by atoms with Gasteiger partial charge in [-0.15, -0.1) is 0 Å². The van der Waals surface area contributed by atoms with E-state index in [1.165, 1.54) is 22.7 Å². The van der Waals surface area contributed by atoms with Crippen LogP contribution < -0.4 is 0 Å². The van der Waals surface area contributed by atoms with Crippen molar-refractivity contribution in [2.24, 2.45) is 0 Å². The Balaban J connectivity index is 2.73. The normalized spacial score (nSPS) is 12.3. The van der Waals surface area contributed by atoms with Gasteiger partial charge in [-0.3, -0.25) is 0 Å². The molecule has 0 aromatic heterocycles. The van der Waals surface area contributed by atoms with Crippen LogP contribution >= 0.6 is 11.6 Å². The van der Waals surface area contributed by atoms with Gasteiger partial charge in [0.15, 0.2) is 0 Å². The minimum Gasteiger partial charge on any atom is -0.396 e. The van der Waals surface area contributed by atoms with E-state index in [1.54, 1.807) is 18.2 Å². The lowest BCUT2D eigenvalue weighted by atomic mass is 10.2. The highest BCUT2D eigenvalue weighted by atomic mass is 35.5. The minimum absolute atomic E-state index is 0.0299. The maximum Gasteiger partial charge on any atom is 0.281 e. The standard InChI is InChI=1S/C12H19ClN2O3S/c1-14(7-4-8-16)19(17,18)15(2)10-11-5-3-6-12(13)9-11/h3,5-6,9,16H,4,7-8,10H2,1-2H3. The van der Waals surface area contributed by atoms with Gasteiger partial charge in [-0.05, 0) is 24.1 Å². The highest BCUT2D eigenvalue weighted by molar-refractivity contribution is 7.86. The third-order valence-corrected chi connectivity index (χ3v) is 4.84. The fraction of sp³-hybridized carbons (Fsp3) is 0.500. The number of halogens is 1. The number of benzene rings is 1. The van der Waals surface area contributed by atoms with Gasteiger partial charge in [-0.1, -0.05) is 23.7 Å². The Kier molecular flexibility index (Phi) is 6.22. The van der Waals surface area contributed by atoms with Crippen molar-refractivity contribution in [1.29, 1.82) is 0 Å². The smallest absolute Gasteiger partial charge is 0.281 e. The Morgan fingerprint density at radius 1 is 1.26 bits per heavy atom. The summed E-state index contributed by atoms with van der Waals surface area (Å²) in [6, 6.07) is 7.09. The summed E-state index contributed by atoms with van der Waals surface area (Å²) in [6.07, 6.45) is 0.417. The molecule has 0 heterocycles. The molecular weight excluding hydrogens is 288 g/mol. The van der Waals surface area contributed by atoms with Crippen molar-refractivity contribution in [3.05, 3.63) is 34.9 Å². The van der Waals surface area contributed by atoms with Gasteiger partial charge >= 0.3 is 0 Å². The van der Waals surface area contributed by atoms with Gasteiger partial charge in [0.05, 0.1) is 0 Å². The summed E-state index contributed by atoms with van der Waals surface area (Å²) in [5.74, 6) is 0. The summed E-state index contributed by atoms with van der Waals surface area (Å²) in [6.45, 7) is 0.517. The van der Waals surface area contributed by atoms with E-state index in [-0.39, 0.29) is 13.2 Å².